The maximum absolute atomic E-state index is 11.5. The van der Waals surface area contributed by atoms with E-state index in [-0.39, 0.29) is 11.7 Å². The second kappa shape index (κ2) is 4.94. The van der Waals surface area contributed by atoms with E-state index in [9.17, 15) is 4.79 Å². The summed E-state index contributed by atoms with van der Waals surface area (Å²) in [5, 5.41) is 6.21. The zero-order valence-electron chi connectivity index (χ0n) is 8.31. The van der Waals surface area contributed by atoms with Gasteiger partial charge in [0.2, 0.25) is 5.76 Å². The highest BCUT2D eigenvalue weighted by molar-refractivity contribution is 9.10. The minimum atomic E-state index is -0.270. The van der Waals surface area contributed by atoms with Crippen LogP contribution in [-0.2, 0) is 6.54 Å². The van der Waals surface area contributed by atoms with E-state index in [1.165, 1.54) is 12.3 Å². The zero-order chi connectivity index (χ0) is 11.4. The fourth-order valence-corrected chi connectivity index (χ4v) is 1.66. The summed E-state index contributed by atoms with van der Waals surface area (Å²) in [6.45, 7) is 0.445. The van der Waals surface area contributed by atoms with Crippen LogP contribution in [0.3, 0.4) is 0 Å². The average Bonchev–Trinajstić information content (AvgIpc) is 2.81. The van der Waals surface area contributed by atoms with Crippen molar-refractivity contribution in [1.82, 2.24) is 10.5 Å². The Hall–Kier alpha value is -1.62. The standard InChI is InChI=1S/C11H9BrN2O2/c12-9-4-2-1-3-8(9)7-13-11(15)10-5-6-14-16-10/h1-6H,7H2,(H,13,15). The number of nitrogens with zero attached hydrogens (tertiary/aromatic N) is 1. The molecular formula is C11H9BrN2O2. The molecule has 0 aliphatic carbocycles. The van der Waals surface area contributed by atoms with Crippen LogP contribution in [-0.4, -0.2) is 11.1 Å². The predicted octanol–water partition coefficient (Wildman–Crippen LogP) is 2.37. The molecular weight excluding hydrogens is 272 g/mol. The highest BCUT2D eigenvalue weighted by Gasteiger charge is 2.09. The SMILES string of the molecule is O=C(NCc1ccccc1Br)c1ccno1. The number of benzene rings is 1. The molecule has 1 aromatic heterocycles. The van der Waals surface area contributed by atoms with Crippen molar-refractivity contribution < 1.29 is 9.32 Å². The van der Waals surface area contributed by atoms with Crippen LogP contribution in [0.15, 0.2) is 45.5 Å². The molecule has 0 fully saturated rings. The van der Waals surface area contributed by atoms with Crippen molar-refractivity contribution in [2.45, 2.75) is 6.54 Å². The highest BCUT2D eigenvalue weighted by Crippen LogP contribution is 2.15. The first-order valence-corrected chi connectivity index (χ1v) is 5.49. The lowest BCUT2D eigenvalue weighted by Crippen LogP contribution is -2.22. The van der Waals surface area contributed by atoms with Crippen LogP contribution in [0.25, 0.3) is 0 Å². The fourth-order valence-electron chi connectivity index (χ4n) is 1.24. The van der Waals surface area contributed by atoms with E-state index in [1.807, 2.05) is 24.3 Å². The minimum Gasteiger partial charge on any atom is -0.351 e. The van der Waals surface area contributed by atoms with E-state index in [0.717, 1.165) is 10.0 Å². The van der Waals surface area contributed by atoms with Crippen molar-refractivity contribution in [2.75, 3.05) is 0 Å². The van der Waals surface area contributed by atoms with Gasteiger partial charge in [-0.1, -0.05) is 39.3 Å². The first-order valence-electron chi connectivity index (χ1n) is 4.69. The van der Waals surface area contributed by atoms with Crippen molar-refractivity contribution in [3.63, 3.8) is 0 Å². The summed E-state index contributed by atoms with van der Waals surface area (Å²) in [6.07, 6.45) is 1.44. The molecule has 5 heteroatoms. The van der Waals surface area contributed by atoms with E-state index in [4.69, 9.17) is 4.52 Å². The maximum Gasteiger partial charge on any atom is 0.290 e. The molecule has 2 rings (SSSR count). The Balaban J connectivity index is 1.98. The van der Waals surface area contributed by atoms with E-state index < -0.39 is 0 Å². The van der Waals surface area contributed by atoms with Gasteiger partial charge in [0.15, 0.2) is 0 Å². The Kier molecular flexibility index (Phi) is 3.36. The van der Waals surface area contributed by atoms with Crippen LogP contribution in [0.2, 0.25) is 0 Å². The number of amides is 1. The lowest BCUT2D eigenvalue weighted by molar-refractivity contribution is 0.0914. The van der Waals surface area contributed by atoms with Crippen molar-refractivity contribution in [2.24, 2.45) is 0 Å². The smallest absolute Gasteiger partial charge is 0.290 e. The van der Waals surface area contributed by atoms with Gasteiger partial charge in [-0.25, -0.2) is 0 Å². The lowest BCUT2D eigenvalue weighted by Gasteiger charge is -2.04. The number of hydrogen-bond donors (Lipinski definition) is 1. The summed E-state index contributed by atoms with van der Waals surface area (Å²) >= 11 is 3.41. The molecule has 0 bridgehead atoms. The van der Waals surface area contributed by atoms with Gasteiger partial charge in [0.25, 0.3) is 5.91 Å². The Morgan fingerprint density at radius 3 is 2.88 bits per heavy atom. The predicted molar refractivity (Wildman–Crippen MR) is 61.8 cm³/mol. The van der Waals surface area contributed by atoms with Crippen LogP contribution >= 0.6 is 15.9 Å². The Labute approximate surface area is 101 Å². The van der Waals surface area contributed by atoms with E-state index in [1.54, 1.807) is 0 Å². The van der Waals surface area contributed by atoms with Gasteiger partial charge in [0.1, 0.15) is 0 Å². The molecule has 1 heterocycles. The third-order valence-electron chi connectivity index (χ3n) is 2.06. The Morgan fingerprint density at radius 2 is 2.19 bits per heavy atom. The van der Waals surface area contributed by atoms with Crippen molar-refractivity contribution >= 4 is 21.8 Å². The molecule has 1 amide bonds. The molecule has 0 aliphatic heterocycles. The molecule has 0 saturated carbocycles. The molecule has 0 unspecified atom stereocenters. The molecule has 16 heavy (non-hydrogen) atoms. The van der Waals surface area contributed by atoms with Gasteiger partial charge in [0.05, 0.1) is 6.20 Å². The maximum atomic E-state index is 11.5. The number of carbonyl (C=O) groups excluding carboxylic acids is 1. The number of rotatable bonds is 3. The molecule has 0 atom stereocenters. The Bertz CT molecular complexity index is 482. The summed E-state index contributed by atoms with van der Waals surface area (Å²) in [4.78, 5) is 11.5. The summed E-state index contributed by atoms with van der Waals surface area (Å²) in [5.74, 6) is -0.0553. The Morgan fingerprint density at radius 1 is 1.38 bits per heavy atom. The van der Waals surface area contributed by atoms with Gasteiger partial charge < -0.3 is 9.84 Å². The largest absolute Gasteiger partial charge is 0.351 e. The second-order valence-corrected chi connectivity index (χ2v) is 4.01. The molecule has 1 aromatic carbocycles. The van der Waals surface area contributed by atoms with Gasteiger partial charge in [-0.3, -0.25) is 4.79 Å². The second-order valence-electron chi connectivity index (χ2n) is 3.15. The van der Waals surface area contributed by atoms with Crippen LogP contribution < -0.4 is 5.32 Å². The first-order chi connectivity index (χ1) is 7.77. The van der Waals surface area contributed by atoms with Gasteiger partial charge >= 0.3 is 0 Å². The van der Waals surface area contributed by atoms with Crippen molar-refractivity contribution in [3.05, 3.63) is 52.3 Å². The zero-order valence-corrected chi connectivity index (χ0v) is 9.90. The van der Waals surface area contributed by atoms with Crippen molar-refractivity contribution in [1.29, 1.82) is 0 Å². The van der Waals surface area contributed by atoms with E-state index in [0.29, 0.717) is 6.54 Å². The molecule has 0 aliphatic rings. The quantitative estimate of drug-likeness (QED) is 0.939. The summed E-state index contributed by atoms with van der Waals surface area (Å²) < 4.78 is 5.71. The molecule has 0 spiro atoms. The third kappa shape index (κ3) is 2.49. The minimum absolute atomic E-state index is 0.215. The van der Waals surface area contributed by atoms with Crippen LogP contribution in [0.5, 0.6) is 0 Å². The summed E-state index contributed by atoms with van der Waals surface area (Å²) in [5.41, 5.74) is 1.01. The number of nitrogens with one attached hydrogen (secondary N) is 1. The van der Waals surface area contributed by atoms with Gasteiger partial charge in [0, 0.05) is 17.1 Å². The molecule has 0 radical (unpaired) electrons. The first kappa shape index (κ1) is 10.9. The number of aromatic nitrogens is 1. The molecule has 1 N–H and O–H groups in total. The van der Waals surface area contributed by atoms with Crippen LogP contribution in [0.4, 0.5) is 0 Å². The average molecular weight is 281 g/mol. The summed E-state index contributed by atoms with van der Waals surface area (Å²) in [6, 6.07) is 9.22. The summed E-state index contributed by atoms with van der Waals surface area (Å²) in [7, 11) is 0. The van der Waals surface area contributed by atoms with Crippen molar-refractivity contribution in [3.8, 4) is 0 Å². The fraction of sp³-hybridized carbons (Fsp3) is 0.0909. The van der Waals surface area contributed by atoms with E-state index in [2.05, 4.69) is 26.4 Å². The van der Waals surface area contributed by atoms with Crippen LogP contribution in [0, 0.1) is 0 Å². The lowest BCUT2D eigenvalue weighted by atomic mass is 10.2. The molecule has 4 nitrogen and oxygen atoms in total. The number of hydrogen-bond acceptors (Lipinski definition) is 3. The number of halogens is 1. The number of carbonyl (C=O) groups is 1. The third-order valence-corrected chi connectivity index (χ3v) is 2.83. The van der Waals surface area contributed by atoms with Gasteiger partial charge in [-0.2, -0.15) is 0 Å². The van der Waals surface area contributed by atoms with E-state index >= 15 is 0 Å². The monoisotopic (exact) mass is 280 g/mol. The molecule has 82 valence electrons. The topological polar surface area (TPSA) is 55.1 Å². The highest BCUT2D eigenvalue weighted by atomic mass is 79.9. The van der Waals surface area contributed by atoms with Gasteiger partial charge in [-0.15, -0.1) is 0 Å². The van der Waals surface area contributed by atoms with Crippen LogP contribution in [0.1, 0.15) is 16.1 Å². The normalized spacial score (nSPS) is 10.1. The molecule has 0 saturated heterocycles. The van der Waals surface area contributed by atoms with Gasteiger partial charge in [-0.05, 0) is 11.6 Å². The molecule has 2 aromatic rings.